The molecule has 2 atom stereocenters. The van der Waals surface area contributed by atoms with Crippen molar-refractivity contribution < 1.29 is 4.79 Å². The molecule has 1 saturated heterocycles. The number of nitrogens with zero attached hydrogens (tertiary/aromatic N) is 1. The molecule has 2 unspecified atom stereocenters. The number of carbonyl (C=O) groups excluding carboxylic acids is 1. The smallest absolute Gasteiger partial charge is 0.238 e. The highest BCUT2D eigenvalue weighted by atomic mass is 79.9. The van der Waals surface area contributed by atoms with Crippen LogP contribution in [0.2, 0.25) is 0 Å². The fraction of sp³-hybridized carbons (Fsp3) is 0.533. The molecule has 1 amide bonds. The number of halogens is 1. The Bertz CT molecular complexity index is 492. The van der Waals surface area contributed by atoms with Gasteiger partial charge in [0.1, 0.15) is 0 Å². The molecule has 2 rings (SSSR count). The van der Waals surface area contributed by atoms with Crippen molar-refractivity contribution in [1.82, 2.24) is 4.90 Å². The van der Waals surface area contributed by atoms with Crippen LogP contribution in [0, 0.1) is 12.8 Å². The number of rotatable bonds is 3. The summed E-state index contributed by atoms with van der Waals surface area (Å²) in [6.07, 6.45) is 1.06. The van der Waals surface area contributed by atoms with Crippen LogP contribution in [0.3, 0.4) is 0 Å². The Balaban J connectivity index is 1.89. The zero-order valence-electron chi connectivity index (χ0n) is 12.0. The van der Waals surface area contributed by atoms with Crippen LogP contribution >= 0.6 is 15.9 Å². The van der Waals surface area contributed by atoms with Gasteiger partial charge in [0.25, 0.3) is 0 Å². The fourth-order valence-corrected chi connectivity index (χ4v) is 3.02. The van der Waals surface area contributed by atoms with E-state index < -0.39 is 0 Å². The number of amides is 1. The minimum Gasteiger partial charge on any atom is -0.326 e. The first-order valence-electron chi connectivity index (χ1n) is 6.99. The molecule has 0 saturated carbocycles. The zero-order valence-corrected chi connectivity index (χ0v) is 13.6. The molecule has 110 valence electrons. The molecular weight excluding hydrogens is 318 g/mol. The van der Waals surface area contributed by atoms with E-state index in [1.54, 1.807) is 0 Å². The number of anilines is 1. The third-order valence-corrected chi connectivity index (χ3v) is 4.52. The SMILES string of the molecule is Cc1ccc(NC(=O)CN2CCC(C)C(N)C2)c(Br)c1. The second kappa shape index (κ2) is 6.70. The van der Waals surface area contributed by atoms with E-state index in [-0.39, 0.29) is 11.9 Å². The van der Waals surface area contributed by atoms with Crippen LogP contribution in [0.4, 0.5) is 5.69 Å². The van der Waals surface area contributed by atoms with Gasteiger partial charge in [-0.1, -0.05) is 13.0 Å². The van der Waals surface area contributed by atoms with Crippen molar-refractivity contribution in [2.24, 2.45) is 11.7 Å². The van der Waals surface area contributed by atoms with Crippen molar-refractivity contribution in [3.8, 4) is 0 Å². The first kappa shape index (κ1) is 15.5. The van der Waals surface area contributed by atoms with Gasteiger partial charge in [0.2, 0.25) is 5.91 Å². The lowest BCUT2D eigenvalue weighted by Gasteiger charge is -2.34. The average molecular weight is 340 g/mol. The Morgan fingerprint density at radius 1 is 1.55 bits per heavy atom. The monoisotopic (exact) mass is 339 g/mol. The van der Waals surface area contributed by atoms with Crippen molar-refractivity contribution in [3.63, 3.8) is 0 Å². The third-order valence-electron chi connectivity index (χ3n) is 3.87. The van der Waals surface area contributed by atoms with Crippen LogP contribution in [-0.4, -0.2) is 36.5 Å². The molecular formula is C15H22BrN3O. The van der Waals surface area contributed by atoms with Gasteiger partial charge in [0.05, 0.1) is 12.2 Å². The third kappa shape index (κ3) is 4.04. The first-order chi connectivity index (χ1) is 9.45. The van der Waals surface area contributed by atoms with Crippen molar-refractivity contribution in [2.75, 3.05) is 25.0 Å². The van der Waals surface area contributed by atoms with Gasteiger partial charge in [-0.05, 0) is 59.4 Å². The van der Waals surface area contributed by atoms with Crippen molar-refractivity contribution in [2.45, 2.75) is 26.3 Å². The summed E-state index contributed by atoms with van der Waals surface area (Å²) in [5.41, 5.74) is 8.03. The summed E-state index contributed by atoms with van der Waals surface area (Å²) in [5, 5.41) is 2.94. The summed E-state index contributed by atoms with van der Waals surface area (Å²) in [6, 6.07) is 6.07. The number of piperidine rings is 1. The Labute approximate surface area is 128 Å². The van der Waals surface area contributed by atoms with E-state index in [1.165, 1.54) is 0 Å². The molecule has 0 spiro atoms. The predicted octanol–water partition coefficient (Wildman–Crippen LogP) is 2.37. The number of likely N-dealkylation sites (tertiary alicyclic amines) is 1. The highest BCUT2D eigenvalue weighted by molar-refractivity contribution is 9.10. The molecule has 1 aromatic carbocycles. The summed E-state index contributed by atoms with van der Waals surface area (Å²) < 4.78 is 0.912. The zero-order chi connectivity index (χ0) is 14.7. The van der Waals surface area contributed by atoms with E-state index in [9.17, 15) is 4.79 Å². The lowest BCUT2D eigenvalue weighted by atomic mass is 9.94. The normalized spacial score (nSPS) is 23.6. The topological polar surface area (TPSA) is 58.4 Å². The number of hydrogen-bond acceptors (Lipinski definition) is 3. The summed E-state index contributed by atoms with van der Waals surface area (Å²) in [5.74, 6) is 0.553. The van der Waals surface area contributed by atoms with E-state index in [4.69, 9.17) is 5.73 Å². The summed E-state index contributed by atoms with van der Waals surface area (Å²) in [7, 11) is 0. The maximum Gasteiger partial charge on any atom is 0.238 e. The van der Waals surface area contributed by atoms with Crippen LogP contribution in [-0.2, 0) is 4.79 Å². The molecule has 1 aliphatic heterocycles. The average Bonchev–Trinajstić information content (AvgIpc) is 2.37. The van der Waals surface area contributed by atoms with Crippen LogP contribution in [0.1, 0.15) is 18.9 Å². The van der Waals surface area contributed by atoms with Gasteiger partial charge >= 0.3 is 0 Å². The van der Waals surface area contributed by atoms with Gasteiger partial charge in [-0.15, -0.1) is 0 Å². The molecule has 0 bridgehead atoms. The summed E-state index contributed by atoms with van der Waals surface area (Å²) in [6.45, 7) is 6.33. The Kier molecular flexibility index (Phi) is 5.18. The predicted molar refractivity (Wildman–Crippen MR) is 85.7 cm³/mol. The van der Waals surface area contributed by atoms with E-state index in [2.05, 4.69) is 33.1 Å². The quantitative estimate of drug-likeness (QED) is 0.888. The van der Waals surface area contributed by atoms with E-state index in [0.717, 1.165) is 35.2 Å². The first-order valence-corrected chi connectivity index (χ1v) is 7.79. The standard InChI is InChI=1S/C15H22BrN3O/c1-10-3-4-14(12(16)7-10)18-15(20)9-19-6-5-11(2)13(17)8-19/h3-4,7,11,13H,5-6,8-9,17H2,1-2H3,(H,18,20). The molecule has 4 nitrogen and oxygen atoms in total. The second-order valence-corrected chi connectivity index (χ2v) is 6.55. The minimum absolute atomic E-state index is 0.0105. The number of nitrogens with one attached hydrogen (secondary N) is 1. The van der Waals surface area contributed by atoms with Gasteiger partial charge in [0.15, 0.2) is 0 Å². The number of benzene rings is 1. The van der Waals surface area contributed by atoms with Crippen LogP contribution in [0.25, 0.3) is 0 Å². The molecule has 0 aromatic heterocycles. The highest BCUT2D eigenvalue weighted by Gasteiger charge is 2.24. The minimum atomic E-state index is 0.0105. The Hall–Kier alpha value is -0.910. The van der Waals surface area contributed by atoms with Crippen molar-refractivity contribution in [3.05, 3.63) is 28.2 Å². The van der Waals surface area contributed by atoms with Crippen LogP contribution in [0.15, 0.2) is 22.7 Å². The van der Waals surface area contributed by atoms with E-state index in [1.807, 2.05) is 25.1 Å². The summed E-state index contributed by atoms with van der Waals surface area (Å²) in [4.78, 5) is 14.2. The number of hydrogen-bond donors (Lipinski definition) is 2. The number of nitrogens with two attached hydrogens (primary N) is 1. The molecule has 0 aliphatic carbocycles. The molecule has 1 heterocycles. The van der Waals surface area contributed by atoms with Gasteiger partial charge in [0, 0.05) is 17.1 Å². The van der Waals surface area contributed by atoms with Gasteiger partial charge < -0.3 is 11.1 Å². The molecule has 3 N–H and O–H groups in total. The van der Waals surface area contributed by atoms with Crippen LogP contribution in [0.5, 0.6) is 0 Å². The Morgan fingerprint density at radius 2 is 2.30 bits per heavy atom. The van der Waals surface area contributed by atoms with Crippen LogP contribution < -0.4 is 11.1 Å². The maximum atomic E-state index is 12.1. The number of carbonyl (C=O) groups is 1. The largest absolute Gasteiger partial charge is 0.326 e. The summed E-state index contributed by atoms with van der Waals surface area (Å²) >= 11 is 3.47. The lowest BCUT2D eigenvalue weighted by molar-refractivity contribution is -0.117. The molecule has 0 radical (unpaired) electrons. The van der Waals surface area contributed by atoms with Gasteiger partial charge in [-0.2, -0.15) is 0 Å². The molecule has 20 heavy (non-hydrogen) atoms. The molecule has 1 aromatic rings. The highest BCUT2D eigenvalue weighted by Crippen LogP contribution is 2.23. The van der Waals surface area contributed by atoms with Gasteiger partial charge in [-0.25, -0.2) is 0 Å². The van der Waals surface area contributed by atoms with Crippen molar-refractivity contribution >= 4 is 27.5 Å². The van der Waals surface area contributed by atoms with Gasteiger partial charge in [-0.3, -0.25) is 9.69 Å². The maximum absolute atomic E-state index is 12.1. The molecule has 1 aliphatic rings. The van der Waals surface area contributed by atoms with Crippen molar-refractivity contribution in [1.29, 1.82) is 0 Å². The Morgan fingerprint density at radius 3 is 2.95 bits per heavy atom. The molecule has 5 heteroatoms. The lowest BCUT2D eigenvalue weighted by Crippen LogP contribution is -2.49. The molecule has 1 fully saturated rings. The number of aryl methyl sites for hydroxylation is 1. The van der Waals surface area contributed by atoms with E-state index >= 15 is 0 Å². The van der Waals surface area contributed by atoms with E-state index in [0.29, 0.717) is 12.5 Å². The second-order valence-electron chi connectivity index (χ2n) is 5.70. The fourth-order valence-electron chi connectivity index (χ4n) is 2.43.